The van der Waals surface area contributed by atoms with Gasteiger partial charge in [0.15, 0.2) is 0 Å². The van der Waals surface area contributed by atoms with Gasteiger partial charge in [0.05, 0.1) is 7.11 Å². The van der Waals surface area contributed by atoms with Crippen LogP contribution in [0.3, 0.4) is 0 Å². The van der Waals surface area contributed by atoms with E-state index in [1.165, 1.54) is 25.3 Å². The standard InChI is InChI=1S/C12H9BrF4O2/c1-19-10-5-3-2-4-8(10)9(18)6-7-11(14,15)12(13,16)17/h2-5,9,18H,1H3. The van der Waals surface area contributed by atoms with E-state index in [0.29, 0.717) is 0 Å². The fraction of sp³-hybridized carbons (Fsp3) is 0.333. The van der Waals surface area contributed by atoms with Gasteiger partial charge in [-0.15, -0.1) is 0 Å². The maximum Gasteiger partial charge on any atom is 0.380 e. The van der Waals surface area contributed by atoms with Crippen molar-refractivity contribution in [2.75, 3.05) is 7.11 Å². The second kappa shape index (κ2) is 5.80. The zero-order valence-corrected chi connectivity index (χ0v) is 11.2. The molecule has 0 aliphatic heterocycles. The van der Waals surface area contributed by atoms with Crippen LogP contribution in [0.25, 0.3) is 0 Å². The Bertz CT molecular complexity index is 502. The molecule has 0 aliphatic rings. The lowest BCUT2D eigenvalue weighted by Gasteiger charge is -2.15. The van der Waals surface area contributed by atoms with Gasteiger partial charge in [0, 0.05) is 5.56 Å². The Kier molecular flexibility index (Phi) is 4.82. The number of aliphatic hydroxyl groups excluding tert-OH is 1. The number of halogens is 5. The molecule has 0 amide bonds. The molecule has 1 atom stereocenters. The lowest BCUT2D eigenvalue weighted by Crippen LogP contribution is -2.33. The number of aliphatic hydroxyl groups is 1. The third-order valence-electron chi connectivity index (χ3n) is 2.16. The van der Waals surface area contributed by atoms with E-state index >= 15 is 0 Å². The topological polar surface area (TPSA) is 29.5 Å². The number of benzene rings is 1. The molecule has 2 nitrogen and oxygen atoms in total. The molecule has 1 aromatic rings. The number of ether oxygens (including phenoxy) is 1. The summed E-state index contributed by atoms with van der Waals surface area (Å²) in [5, 5.41) is 9.61. The van der Waals surface area contributed by atoms with Gasteiger partial charge >= 0.3 is 10.8 Å². The maximum atomic E-state index is 12.9. The summed E-state index contributed by atoms with van der Waals surface area (Å²) in [6.45, 7) is 0. The first kappa shape index (κ1) is 15.8. The SMILES string of the molecule is COc1ccccc1C(O)C#CC(F)(F)C(F)(F)Br. The Balaban J connectivity index is 3.02. The summed E-state index contributed by atoms with van der Waals surface area (Å²) < 4.78 is 55.6. The Hall–Kier alpha value is -1.26. The molecule has 0 saturated carbocycles. The molecule has 1 rings (SSSR count). The van der Waals surface area contributed by atoms with Crippen LogP contribution in [0.15, 0.2) is 24.3 Å². The van der Waals surface area contributed by atoms with E-state index in [0.717, 1.165) is 5.92 Å². The number of hydrogen-bond donors (Lipinski definition) is 1. The third-order valence-corrected chi connectivity index (χ3v) is 2.65. The molecular formula is C12H9BrF4O2. The molecule has 7 heteroatoms. The summed E-state index contributed by atoms with van der Waals surface area (Å²) in [7, 11) is 1.32. The van der Waals surface area contributed by atoms with E-state index in [-0.39, 0.29) is 11.3 Å². The van der Waals surface area contributed by atoms with Gasteiger partial charge < -0.3 is 9.84 Å². The van der Waals surface area contributed by atoms with Crippen LogP contribution in [0.5, 0.6) is 5.75 Å². The highest BCUT2D eigenvalue weighted by Gasteiger charge is 2.53. The zero-order valence-electron chi connectivity index (χ0n) is 9.63. The Labute approximate surface area is 115 Å². The molecule has 0 aromatic heterocycles. The van der Waals surface area contributed by atoms with Crippen LogP contribution >= 0.6 is 15.9 Å². The summed E-state index contributed by atoms with van der Waals surface area (Å²) in [5.74, 6) is -1.62. The van der Waals surface area contributed by atoms with Gasteiger partial charge in [-0.05, 0) is 27.9 Å². The molecule has 0 aliphatic carbocycles. The highest BCUT2D eigenvalue weighted by atomic mass is 79.9. The van der Waals surface area contributed by atoms with Crippen molar-refractivity contribution in [3.05, 3.63) is 29.8 Å². The quantitative estimate of drug-likeness (QED) is 0.519. The molecular weight excluding hydrogens is 332 g/mol. The smallest absolute Gasteiger partial charge is 0.380 e. The second-order valence-electron chi connectivity index (χ2n) is 3.49. The Morgan fingerprint density at radius 2 is 1.84 bits per heavy atom. The van der Waals surface area contributed by atoms with E-state index in [2.05, 4.69) is 0 Å². The molecule has 0 fully saturated rings. The fourth-order valence-electron chi connectivity index (χ4n) is 1.20. The van der Waals surface area contributed by atoms with Crippen molar-refractivity contribution in [3.63, 3.8) is 0 Å². The molecule has 0 radical (unpaired) electrons. The Morgan fingerprint density at radius 1 is 1.26 bits per heavy atom. The number of para-hydroxylation sites is 1. The van der Waals surface area contributed by atoms with Crippen molar-refractivity contribution in [2.45, 2.75) is 16.9 Å². The maximum absolute atomic E-state index is 12.9. The molecule has 0 heterocycles. The minimum Gasteiger partial charge on any atom is -0.496 e. The molecule has 104 valence electrons. The zero-order chi connectivity index (χ0) is 14.7. The highest BCUT2D eigenvalue weighted by Crippen LogP contribution is 2.39. The van der Waals surface area contributed by atoms with Gasteiger partial charge in [-0.2, -0.15) is 17.6 Å². The fourth-order valence-corrected chi connectivity index (χ4v) is 1.30. The molecule has 0 spiro atoms. The summed E-state index contributed by atoms with van der Waals surface area (Å²) in [6.07, 6.45) is -1.66. The molecule has 1 unspecified atom stereocenters. The van der Waals surface area contributed by atoms with E-state index in [4.69, 9.17) is 4.74 Å². The highest BCUT2D eigenvalue weighted by molar-refractivity contribution is 9.10. The van der Waals surface area contributed by atoms with Crippen molar-refractivity contribution in [1.82, 2.24) is 0 Å². The summed E-state index contributed by atoms with van der Waals surface area (Å²) >= 11 is 1.54. The van der Waals surface area contributed by atoms with Crippen molar-refractivity contribution in [3.8, 4) is 17.6 Å². The van der Waals surface area contributed by atoms with Gasteiger partial charge in [0.2, 0.25) is 0 Å². The van der Waals surface area contributed by atoms with Crippen LogP contribution in [-0.4, -0.2) is 23.0 Å². The van der Waals surface area contributed by atoms with Crippen molar-refractivity contribution < 1.29 is 27.4 Å². The molecule has 0 bridgehead atoms. The van der Waals surface area contributed by atoms with E-state index in [1.54, 1.807) is 27.9 Å². The van der Waals surface area contributed by atoms with Crippen LogP contribution in [0, 0.1) is 11.8 Å². The van der Waals surface area contributed by atoms with Crippen molar-refractivity contribution in [2.24, 2.45) is 0 Å². The average molecular weight is 341 g/mol. The predicted octanol–water partition coefficient (Wildman–Crippen LogP) is 3.36. The third kappa shape index (κ3) is 3.85. The summed E-state index contributed by atoms with van der Waals surface area (Å²) in [4.78, 5) is -4.46. The van der Waals surface area contributed by atoms with Gasteiger partial charge in [0.25, 0.3) is 0 Å². The minimum absolute atomic E-state index is 0.117. The van der Waals surface area contributed by atoms with E-state index < -0.39 is 16.9 Å². The lowest BCUT2D eigenvalue weighted by atomic mass is 10.1. The van der Waals surface area contributed by atoms with Gasteiger partial charge in [-0.25, -0.2) is 0 Å². The Morgan fingerprint density at radius 3 is 2.37 bits per heavy atom. The summed E-state index contributed by atoms with van der Waals surface area (Å²) in [5.41, 5.74) is 0.117. The molecule has 1 N–H and O–H groups in total. The van der Waals surface area contributed by atoms with Crippen molar-refractivity contribution >= 4 is 15.9 Å². The normalized spacial score (nSPS) is 13.4. The molecule has 1 aromatic carbocycles. The van der Waals surface area contributed by atoms with Crippen LogP contribution in [-0.2, 0) is 0 Å². The number of rotatable bonds is 3. The number of methoxy groups -OCH3 is 1. The minimum atomic E-state index is -4.59. The predicted molar refractivity (Wildman–Crippen MR) is 64.6 cm³/mol. The van der Waals surface area contributed by atoms with Crippen molar-refractivity contribution in [1.29, 1.82) is 0 Å². The van der Waals surface area contributed by atoms with Crippen LogP contribution in [0.4, 0.5) is 17.6 Å². The molecule has 0 saturated heterocycles. The molecule has 19 heavy (non-hydrogen) atoms. The average Bonchev–Trinajstić information content (AvgIpc) is 2.34. The van der Waals surface area contributed by atoms with E-state index in [9.17, 15) is 22.7 Å². The van der Waals surface area contributed by atoms with Crippen LogP contribution < -0.4 is 4.74 Å². The van der Waals surface area contributed by atoms with E-state index in [1.807, 2.05) is 0 Å². The first-order chi connectivity index (χ1) is 8.69. The van der Waals surface area contributed by atoms with Crippen LogP contribution in [0.1, 0.15) is 11.7 Å². The first-order valence-electron chi connectivity index (χ1n) is 4.97. The van der Waals surface area contributed by atoms with Gasteiger partial charge in [-0.3, -0.25) is 0 Å². The number of hydrogen-bond acceptors (Lipinski definition) is 2. The van der Waals surface area contributed by atoms with Crippen LogP contribution in [0.2, 0.25) is 0 Å². The largest absolute Gasteiger partial charge is 0.496 e. The number of alkyl halides is 5. The van der Waals surface area contributed by atoms with Gasteiger partial charge in [0.1, 0.15) is 11.9 Å². The second-order valence-corrected chi connectivity index (χ2v) is 4.48. The van der Waals surface area contributed by atoms with Gasteiger partial charge in [-0.1, -0.05) is 24.1 Å². The monoisotopic (exact) mass is 340 g/mol. The summed E-state index contributed by atoms with van der Waals surface area (Å²) in [6, 6.07) is 6.00. The first-order valence-corrected chi connectivity index (χ1v) is 5.76. The lowest BCUT2D eigenvalue weighted by molar-refractivity contribution is -0.104.